The maximum absolute atomic E-state index is 14.6. The largest absolute Gasteiger partial charge is 0.416 e. The van der Waals surface area contributed by atoms with Crippen molar-refractivity contribution in [3.63, 3.8) is 0 Å². The van der Waals surface area contributed by atoms with Crippen LogP contribution in [0.5, 0.6) is 0 Å². The maximum atomic E-state index is 14.6. The van der Waals surface area contributed by atoms with Crippen LogP contribution < -0.4 is 0 Å². The summed E-state index contributed by atoms with van der Waals surface area (Å²) >= 11 is 0. The van der Waals surface area contributed by atoms with Crippen LogP contribution in [0.4, 0.5) is 39.5 Å². The molecule has 15 aromatic rings. The fourth-order valence-corrected chi connectivity index (χ4v) is 14.9. The van der Waals surface area contributed by atoms with Crippen molar-refractivity contribution in [1.29, 1.82) is 0 Å². The van der Waals surface area contributed by atoms with Gasteiger partial charge in [-0.15, -0.1) is 0 Å². The molecule has 0 fully saturated rings. The third-order valence-electron chi connectivity index (χ3n) is 18.4. The molecule has 2 aliphatic carbocycles. The molecule has 15 aromatic carbocycles. The van der Waals surface area contributed by atoms with Gasteiger partial charge in [0.1, 0.15) is 0 Å². The van der Waals surface area contributed by atoms with Crippen LogP contribution in [0.15, 0.2) is 249 Å². The van der Waals surface area contributed by atoms with Gasteiger partial charge in [0.2, 0.25) is 0 Å². The van der Waals surface area contributed by atoms with E-state index in [2.05, 4.69) is 91.0 Å². The van der Waals surface area contributed by atoms with E-state index in [1.54, 1.807) is 36.4 Å². The molecule has 0 spiro atoms. The highest BCUT2D eigenvalue weighted by Gasteiger charge is 2.38. The third-order valence-corrected chi connectivity index (χ3v) is 18.4. The summed E-state index contributed by atoms with van der Waals surface area (Å²) in [6.45, 7) is 0. The van der Waals surface area contributed by atoms with E-state index < -0.39 is 35.2 Å². The number of hydrogen-bond donors (Lipinski definition) is 0. The summed E-state index contributed by atoms with van der Waals surface area (Å²) in [7, 11) is 0. The van der Waals surface area contributed by atoms with E-state index in [1.165, 1.54) is 0 Å². The van der Waals surface area contributed by atoms with E-state index in [0.29, 0.717) is 16.7 Å². The summed E-state index contributed by atoms with van der Waals surface area (Å²) in [6.07, 6.45) is -14.6. The van der Waals surface area contributed by atoms with Gasteiger partial charge in [-0.2, -0.15) is 39.5 Å². The first-order chi connectivity index (χ1) is 42.6. The molecule has 0 radical (unpaired) electrons. The highest BCUT2D eigenvalue weighted by Crippen LogP contribution is 2.51. The molecule has 0 amide bonds. The Kier molecular flexibility index (Phi) is 10.9. The minimum absolute atomic E-state index is 0.171. The van der Waals surface area contributed by atoms with Gasteiger partial charge in [-0.3, -0.25) is 0 Å². The molecule has 0 heterocycles. The van der Waals surface area contributed by atoms with Gasteiger partial charge < -0.3 is 0 Å². The molecule has 420 valence electrons. The molecule has 0 nitrogen and oxygen atoms in total. The smallest absolute Gasteiger partial charge is 0.166 e. The number of halogens is 9. The molecule has 0 saturated carbocycles. The summed E-state index contributed by atoms with van der Waals surface area (Å²) < 4.78 is 130. The van der Waals surface area contributed by atoms with Gasteiger partial charge >= 0.3 is 18.5 Å². The van der Waals surface area contributed by atoms with E-state index in [4.69, 9.17) is 0 Å². The summed E-state index contributed by atoms with van der Waals surface area (Å²) in [5.74, 6) is 0. The van der Waals surface area contributed by atoms with Gasteiger partial charge in [-0.05, 0) is 203 Å². The molecule has 17 rings (SSSR count). The molecule has 0 aliphatic heterocycles. The van der Waals surface area contributed by atoms with Crippen LogP contribution in [0.1, 0.15) is 16.7 Å². The van der Waals surface area contributed by atoms with E-state index >= 15 is 0 Å². The Morgan fingerprint density at radius 2 is 0.500 bits per heavy atom. The minimum atomic E-state index is -5.06. The summed E-state index contributed by atoms with van der Waals surface area (Å²) in [4.78, 5) is 0. The Labute approximate surface area is 494 Å². The SMILES string of the molecule is FC(F)(F)c1ccc(-c2ccccc2-c2c3c(c(-c4ccccc4)c4ccccc24)=c2ccc4c5ccc6c7c(ccc(c8ccc=3c2c84)c75)=c2c(-c3ccccc3)c3ccccc3c(-c3ccccc3-c3cc(C(F)(F)F)cc(C(F)(F)F)c3)c2=6)cc1. The Morgan fingerprint density at radius 1 is 0.193 bits per heavy atom. The highest BCUT2D eigenvalue weighted by molar-refractivity contribution is 6.33. The van der Waals surface area contributed by atoms with Crippen LogP contribution in [-0.4, -0.2) is 0 Å². The summed E-state index contributed by atoms with van der Waals surface area (Å²) in [6, 6.07) is 76.2. The first-order valence-corrected chi connectivity index (χ1v) is 28.8. The van der Waals surface area contributed by atoms with Gasteiger partial charge in [-0.1, -0.05) is 218 Å². The Bertz CT molecular complexity index is 5920. The Hall–Kier alpha value is -10.5. The second-order valence-corrected chi connectivity index (χ2v) is 22.9. The lowest BCUT2D eigenvalue weighted by Gasteiger charge is -2.19. The zero-order valence-electron chi connectivity index (χ0n) is 46.1. The molecule has 0 N–H and O–H groups in total. The lowest BCUT2D eigenvalue weighted by Crippen LogP contribution is -2.11. The van der Waals surface area contributed by atoms with E-state index in [-0.39, 0.29) is 17.2 Å². The molecule has 0 saturated heterocycles. The molecular weight excluding hydrogens is 1120 g/mol. The van der Waals surface area contributed by atoms with Crippen molar-refractivity contribution in [3.05, 3.63) is 307 Å². The predicted octanol–water partition coefficient (Wildman–Crippen LogP) is 22.9. The topological polar surface area (TPSA) is 0 Å². The quantitative estimate of drug-likeness (QED) is 0.0884. The van der Waals surface area contributed by atoms with Crippen LogP contribution in [0, 0.1) is 41.7 Å². The predicted molar refractivity (Wildman–Crippen MR) is 334 cm³/mol. The van der Waals surface area contributed by atoms with E-state index in [0.717, 1.165) is 170 Å². The molecule has 0 unspecified atom stereocenters. The number of alkyl halides is 9. The van der Waals surface area contributed by atoms with Gasteiger partial charge in [0.05, 0.1) is 16.7 Å². The van der Waals surface area contributed by atoms with Gasteiger partial charge in [-0.25, -0.2) is 0 Å². The number of benzene rings is 15. The first kappa shape index (κ1) is 51.9. The van der Waals surface area contributed by atoms with Crippen molar-refractivity contribution in [3.8, 4) is 66.8 Å². The average molecular weight is 1160 g/mol. The molecule has 0 bridgehead atoms. The fraction of sp³-hybridized carbons (Fsp3) is 0.0380. The average Bonchev–Trinajstić information content (AvgIpc) is 1.49. The zero-order chi connectivity index (χ0) is 59.7. The van der Waals surface area contributed by atoms with Crippen LogP contribution in [0.3, 0.4) is 0 Å². The van der Waals surface area contributed by atoms with Crippen molar-refractivity contribution >= 4 is 64.6 Å². The first-order valence-electron chi connectivity index (χ1n) is 28.8. The zero-order valence-corrected chi connectivity index (χ0v) is 46.1. The Morgan fingerprint density at radius 3 is 0.864 bits per heavy atom. The molecule has 2 aliphatic rings. The second-order valence-electron chi connectivity index (χ2n) is 22.9. The van der Waals surface area contributed by atoms with Crippen LogP contribution in [-0.2, 0) is 18.5 Å². The van der Waals surface area contributed by atoms with Crippen molar-refractivity contribution < 1.29 is 39.5 Å². The maximum Gasteiger partial charge on any atom is 0.416 e. The van der Waals surface area contributed by atoms with Crippen molar-refractivity contribution in [2.75, 3.05) is 0 Å². The summed E-state index contributed by atoms with van der Waals surface area (Å²) in [5, 5.41) is 19.6. The summed E-state index contributed by atoms with van der Waals surface area (Å²) in [5.41, 5.74) is 4.96. The van der Waals surface area contributed by atoms with E-state index in [9.17, 15) is 39.5 Å². The number of rotatable bonds is 6. The molecule has 0 aromatic heterocycles. The third kappa shape index (κ3) is 7.43. The molecule has 88 heavy (non-hydrogen) atoms. The fourth-order valence-electron chi connectivity index (χ4n) is 14.9. The highest BCUT2D eigenvalue weighted by atomic mass is 19.4. The molecular formula is C79H41F9. The minimum Gasteiger partial charge on any atom is -0.166 e. The van der Waals surface area contributed by atoms with Gasteiger partial charge in [0.15, 0.2) is 0 Å². The van der Waals surface area contributed by atoms with Gasteiger partial charge in [0.25, 0.3) is 0 Å². The van der Waals surface area contributed by atoms with Crippen LogP contribution in [0.25, 0.3) is 131 Å². The lowest BCUT2D eigenvalue weighted by molar-refractivity contribution is -0.143. The van der Waals surface area contributed by atoms with Crippen molar-refractivity contribution in [1.82, 2.24) is 0 Å². The normalized spacial score (nSPS) is 12.8. The number of fused-ring (bicyclic) bond motifs is 6. The van der Waals surface area contributed by atoms with Crippen LogP contribution in [0.2, 0.25) is 0 Å². The van der Waals surface area contributed by atoms with Crippen molar-refractivity contribution in [2.45, 2.75) is 18.5 Å². The standard InChI is InChI=1S/C79H41F9/c80-77(81,82)46-29-27-42(28-30-46)49-19-7-9-21-51(49)69-55-25-13-11-23-53(55)65(43-15-3-1-4-16-43)73-61-35-31-57-60-34-38-64-72-62(36-32-58(68(60)72)59-33-37-63(75(69)73)71(61)67(57)59)74-66(44-17-5-2-6-18-44)54-24-12-14-26-56(54)70(76(64)74)52-22-10-8-20-50(52)45-39-47(78(83,84)85)41-48(40-45)79(86,87)88/h1-41H. The van der Waals surface area contributed by atoms with E-state index in [1.807, 2.05) is 91.0 Å². The van der Waals surface area contributed by atoms with Gasteiger partial charge in [0, 0.05) is 0 Å². The monoisotopic (exact) mass is 1160 g/mol. The van der Waals surface area contributed by atoms with Crippen LogP contribution >= 0.6 is 0 Å². The second kappa shape index (κ2) is 18.5. The molecule has 9 heteroatoms. The number of hydrogen-bond acceptors (Lipinski definition) is 0. The van der Waals surface area contributed by atoms with Crippen molar-refractivity contribution in [2.24, 2.45) is 0 Å². The molecule has 0 atom stereocenters. The lowest BCUT2D eigenvalue weighted by atomic mass is 9.85. The Balaban J connectivity index is 1.02.